The summed E-state index contributed by atoms with van der Waals surface area (Å²) in [7, 11) is 1.42. The maximum absolute atomic E-state index is 15.0. The summed E-state index contributed by atoms with van der Waals surface area (Å²) in [5.74, 6) is -0.208. The van der Waals surface area contributed by atoms with E-state index < -0.39 is 17.8 Å². The van der Waals surface area contributed by atoms with Crippen molar-refractivity contribution in [2.75, 3.05) is 38.7 Å². The van der Waals surface area contributed by atoms with Crippen molar-refractivity contribution in [2.24, 2.45) is 0 Å². The molecule has 2 atom stereocenters. The number of nitrogens with zero attached hydrogens (tertiary/aromatic N) is 3. The number of hydrogen-bond donors (Lipinski definition) is 2. The number of amides is 1. The summed E-state index contributed by atoms with van der Waals surface area (Å²) in [4.78, 5) is 21.7. The number of piperidine rings is 1. The average Bonchev–Trinajstić information content (AvgIpc) is 2.87. The van der Waals surface area contributed by atoms with Crippen LogP contribution in [0.25, 0.3) is 10.9 Å². The van der Waals surface area contributed by atoms with E-state index in [2.05, 4.69) is 20.6 Å². The van der Waals surface area contributed by atoms with Gasteiger partial charge in [0.15, 0.2) is 24.0 Å². The van der Waals surface area contributed by atoms with Gasteiger partial charge in [-0.25, -0.2) is 18.2 Å². The molecule has 2 aromatic heterocycles. The van der Waals surface area contributed by atoms with Crippen molar-refractivity contribution >= 4 is 47.4 Å². The number of ether oxygens (including phenoxy) is 2. The molecule has 38 heavy (non-hydrogen) atoms. The molecule has 1 fully saturated rings. The lowest BCUT2D eigenvalue weighted by Crippen LogP contribution is -2.51. The Morgan fingerprint density at radius 3 is 2.82 bits per heavy atom. The summed E-state index contributed by atoms with van der Waals surface area (Å²) in [6.07, 6.45) is 0.743. The zero-order chi connectivity index (χ0) is 25.2. The molecule has 206 valence electrons. The molecule has 0 radical (unpaired) electrons. The zero-order valence-corrected chi connectivity index (χ0v) is 22.1. The molecule has 2 aliphatic heterocycles. The van der Waals surface area contributed by atoms with Crippen LogP contribution >= 0.6 is 24.8 Å². The zero-order valence-electron chi connectivity index (χ0n) is 20.5. The van der Waals surface area contributed by atoms with E-state index in [1.165, 1.54) is 13.2 Å². The molecule has 8 nitrogen and oxygen atoms in total. The lowest BCUT2D eigenvalue weighted by Gasteiger charge is -2.35. The SMILES string of the molecule is COc1cc(F)c2ncc(F)c(CCN3CCC(NCc4ccc5c(n4)NC(=O)CO5)C(F)C3)c2c1.Cl.Cl. The molecule has 1 amide bonds. The fraction of sp³-hybridized carbons (Fsp3) is 0.400. The third-order valence-electron chi connectivity index (χ3n) is 6.57. The number of halogens is 5. The van der Waals surface area contributed by atoms with Gasteiger partial charge >= 0.3 is 0 Å². The smallest absolute Gasteiger partial charge is 0.263 e. The number of rotatable bonds is 7. The molecule has 13 heteroatoms. The van der Waals surface area contributed by atoms with Crippen LogP contribution < -0.4 is 20.1 Å². The number of methoxy groups -OCH3 is 1. The van der Waals surface area contributed by atoms with Gasteiger partial charge in [0.2, 0.25) is 0 Å². The van der Waals surface area contributed by atoms with E-state index in [9.17, 15) is 18.0 Å². The number of pyridine rings is 2. The quantitative estimate of drug-likeness (QED) is 0.444. The van der Waals surface area contributed by atoms with E-state index >= 15 is 0 Å². The number of hydrogen-bond acceptors (Lipinski definition) is 7. The van der Waals surface area contributed by atoms with Gasteiger partial charge in [0.1, 0.15) is 23.3 Å². The van der Waals surface area contributed by atoms with Gasteiger partial charge in [0, 0.05) is 42.7 Å². The number of carbonyl (C=O) groups excluding carboxylic acids is 1. The Balaban J connectivity index is 0.00000200. The first-order chi connectivity index (χ1) is 17.4. The van der Waals surface area contributed by atoms with Crippen LogP contribution in [0.1, 0.15) is 17.7 Å². The number of fused-ring (bicyclic) bond motifs is 2. The summed E-state index contributed by atoms with van der Waals surface area (Å²) in [6.45, 7) is 1.55. The molecule has 2 aliphatic rings. The van der Waals surface area contributed by atoms with Crippen molar-refractivity contribution in [3.05, 3.63) is 53.4 Å². The number of carbonyl (C=O) groups is 1. The van der Waals surface area contributed by atoms with Crippen LogP contribution in [0.15, 0.2) is 30.5 Å². The standard InChI is InChI=1S/C25H26F3N5O3.2ClH/c1-35-15-8-17-16(19(27)11-30-24(17)18(26)9-15)4-6-33-7-5-21(20(28)12-33)29-10-14-2-3-22-25(31-14)32-23(34)13-36-22;;/h2-3,8-9,11,20-21,29H,4-7,10,12-13H2,1H3,(H,31,32,34);2*1H. The Labute approximate surface area is 230 Å². The normalized spacial score (nSPS) is 19.0. The number of likely N-dealkylation sites (tertiary alicyclic amines) is 1. The minimum absolute atomic E-state index is 0. The Morgan fingerprint density at radius 1 is 1.24 bits per heavy atom. The maximum Gasteiger partial charge on any atom is 0.263 e. The summed E-state index contributed by atoms with van der Waals surface area (Å²) < 4.78 is 54.4. The van der Waals surface area contributed by atoms with Gasteiger partial charge in [0.25, 0.3) is 5.91 Å². The minimum atomic E-state index is -1.13. The van der Waals surface area contributed by atoms with Gasteiger partial charge in [-0.05, 0) is 37.6 Å². The summed E-state index contributed by atoms with van der Waals surface area (Å²) in [6, 6.07) is 5.94. The van der Waals surface area contributed by atoms with Crippen molar-refractivity contribution in [1.82, 2.24) is 20.2 Å². The first kappa shape index (κ1) is 29.7. The average molecular weight is 574 g/mol. The summed E-state index contributed by atoms with van der Waals surface area (Å²) in [5, 5.41) is 6.23. The van der Waals surface area contributed by atoms with Crippen LogP contribution in [0.5, 0.6) is 11.5 Å². The van der Waals surface area contributed by atoms with Gasteiger partial charge in [-0.15, -0.1) is 24.8 Å². The first-order valence-electron chi connectivity index (χ1n) is 11.7. The number of benzene rings is 1. The van der Waals surface area contributed by atoms with Crippen LogP contribution in [-0.2, 0) is 17.8 Å². The second-order valence-corrected chi connectivity index (χ2v) is 8.92. The fourth-order valence-corrected chi connectivity index (χ4v) is 4.64. The molecule has 0 saturated carbocycles. The van der Waals surface area contributed by atoms with Gasteiger partial charge < -0.3 is 20.1 Å². The predicted molar refractivity (Wildman–Crippen MR) is 141 cm³/mol. The van der Waals surface area contributed by atoms with E-state index in [0.717, 1.165) is 6.20 Å². The van der Waals surface area contributed by atoms with Crippen LogP contribution in [0.4, 0.5) is 19.0 Å². The Hall–Kier alpha value is -2.86. The number of alkyl halides is 1. The molecule has 4 heterocycles. The Morgan fingerprint density at radius 2 is 2.05 bits per heavy atom. The first-order valence-corrected chi connectivity index (χ1v) is 11.7. The number of aromatic nitrogens is 2. The summed E-state index contributed by atoms with van der Waals surface area (Å²) >= 11 is 0. The monoisotopic (exact) mass is 573 g/mol. The lowest BCUT2D eigenvalue weighted by atomic mass is 10.0. The van der Waals surface area contributed by atoms with Gasteiger partial charge in [-0.3, -0.25) is 14.7 Å². The molecule has 0 aliphatic carbocycles. The topological polar surface area (TPSA) is 88.6 Å². The molecule has 1 saturated heterocycles. The van der Waals surface area contributed by atoms with Gasteiger partial charge in [-0.2, -0.15) is 0 Å². The molecular weight excluding hydrogens is 546 g/mol. The molecule has 3 aromatic rings. The second kappa shape index (κ2) is 12.8. The highest BCUT2D eigenvalue weighted by atomic mass is 35.5. The molecule has 2 N–H and O–H groups in total. The van der Waals surface area contributed by atoms with Crippen LogP contribution in [0.3, 0.4) is 0 Å². The highest BCUT2D eigenvalue weighted by molar-refractivity contribution is 5.94. The van der Waals surface area contributed by atoms with E-state index in [0.29, 0.717) is 54.3 Å². The third kappa shape index (κ3) is 6.40. The van der Waals surface area contributed by atoms with Gasteiger partial charge in [0.05, 0.1) is 19.0 Å². The number of nitrogens with one attached hydrogen (secondary N) is 2. The largest absolute Gasteiger partial charge is 0.497 e. The van der Waals surface area contributed by atoms with Crippen LogP contribution in [0, 0.1) is 11.6 Å². The second-order valence-electron chi connectivity index (χ2n) is 8.92. The molecule has 0 spiro atoms. The predicted octanol–water partition coefficient (Wildman–Crippen LogP) is 3.84. The Kier molecular flexibility index (Phi) is 10.00. The third-order valence-corrected chi connectivity index (χ3v) is 6.57. The number of anilines is 1. The van der Waals surface area contributed by atoms with Crippen molar-refractivity contribution in [2.45, 2.75) is 31.6 Å². The van der Waals surface area contributed by atoms with Crippen molar-refractivity contribution < 1.29 is 27.4 Å². The highest BCUT2D eigenvalue weighted by Gasteiger charge is 2.29. The lowest BCUT2D eigenvalue weighted by molar-refractivity contribution is -0.118. The van der Waals surface area contributed by atoms with E-state index in [4.69, 9.17) is 9.47 Å². The minimum Gasteiger partial charge on any atom is -0.497 e. The maximum atomic E-state index is 15.0. The Bertz CT molecular complexity index is 1300. The van der Waals surface area contributed by atoms with Crippen molar-refractivity contribution in [3.8, 4) is 11.5 Å². The van der Waals surface area contributed by atoms with Crippen LogP contribution in [0.2, 0.25) is 0 Å². The fourth-order valence-electron chi connectivity index (χ4n) is 4.64. The molecular formula is C25H28Cl2F3N5O3. The molecule has 2 unspecified atom stereocenters. The van der Waals surface area contributed by atoms with E-state index in [1.807, 2.05) is 4.90 Å². The molecule has 5 rings (SSSR count). The van der Waals surface area contributed by atoms with Crippen molar-refractivity contribution in [3.63, 3.8) is 0 Å². The summed E-state index contributed by atoms with van der Waals surface area (Å²) in [5.41, 5.74) is 1.08. The van der Waals surface area contributed by atoms with E-state index in [1.54, 1.807) is 18.2 Å². The highest BCUT2D eigenvalue weighted by Crippen LogP contribution is 2.28. The van der Waals surface area contributed by atoms with Crippen LogP contribution in [-0.4, -0.2) is 66.3 Å². The van der Waals surface area contributed by atoms with E-state index in [-0.39, 0.29) is 67.6 Å². The van der Waals surface area contributed by atoms with Crippen molar-refractivity contribution in [1.29, 1.82) is 0 Å². The molecule has 0 bridgehead atoms. The van der Waals surface area contributed by atoms with Gasteiger partial charge in [-0.1, -0.05) is 0 Å². The molecule has 1 aromatic carbocycles.